The predicted octanol–water partition coefficient (Wildman–Crippen LogP) is -2.33. The molecule has 0 fully saturated rings. The second kappa shape index (κ2) is 14.4. The fourth-order valence-electron chi connectivity index (χ4n) is 2.20. The van der Waals surface area contributed by atoms with Crippen LogP contribution in [0.1, 0.15) is 25.7 Å². The molecule has 0 spiro atoms. The summed E-state index contributed by atoms with van der Waals surface area (Å²) in [6, 6.07) is -1.65. The van der Waals surface area contributed by atoms with Crippen LogP contribution in [0.5, 0.6) is 0 Å². The minimum Gasteiger partial charge on any atom is -0.480 e. The van der Waals surface area contributed by atoms with E-state index < -0.39 is 24.0 Å². The molecule has 0 aromatic heterocycles. The molecule has 0 aromatic carbocycles. The molecule has 8 N–H and O–H groups in total. The normalized spacial score (nSPS) is 13.1. The number of rotatable bonds is 15. The van der Waals surface area contributed by atoms with Gasteiger partial charge < -0.3 is 37.4 Å². The lowest BCUT2D eigenvalue weighted by atomic mass is 10.1. The van der Waals surface area contributed by atoms with E-state index in [4.69, 9.17) is 11.5 Å². The molecule has 10 heteroatoms. The average Bonchev–Trinajstić information content (AvgIpc) is 2.59. The summed E-state index contributed by atoms with van der Waals surface area (Å²) in [5, 5.41) is 18.0. The molecule has 2 amide bonds. The Morgan fingerprint density at radius 2 is 1.69 bits per heavy atom. The van der Waals surface area contributed by atoms with Gasteiger partial charge in [-0.25, -0.2) is 4.79 Å². The second-order valence-corrected chi connectivity index (χ2v) is 6.20. The molecular weight excluding hydrogens is 340 g/mol. The molecule has 0 aromatic rings. The van der Waals surface area contributed by atoms with Crippen molar-refractivity contribution in [2.24, 2.45) is 11.5 Å². The molecule has 0 aliphatic rings. The highest BCUT2D eigenvalue weighted by molar-refractivity contribution is 5.87. The molecule has 2 unspecified atom stereocenters. The van der Waals surface area contributed by atoms with Gasteiger partial charge in [-0.1, -0.05) is 0 Å². The van der Waals surface area contributed by atoms with Gasteiger partial charge in [-0.3, -0.25) is 9.59 Å². The lowest BCUT2D eigenvalue weighted by Crippen LogP contribution is -2.51. The van der Waals surface area contributed by atoms with Crippen molar-refractivity contribution in [2.45, 2.75) is 37.8 Å². The van der Waals surface area contributed by atoms with Gasteiger partial charge in [-0.05, 0) is 38.9 Å². The Morgan fingerprint density at radius 3 is 2.23 bits per heavy atom. The van der Waals surface area contributed by atoms with Gasteiger partial charge in [0.2, 0.25) is 11.8 Å². The molecule has 152 valence electrons. The molecule has 0 saturated heterocycles. The maximum atomic E-state index is 12.5. The first kappa shape index (κ1) is 24.2. The standard InChI is InChI=1S/C16H34N6O4/c1-22(2)14(23)5-4-13(16(25)26)21-15(24)12(20-9-3-7-17)6-10-19-11-8-18/h12-13,19-20H,3-11,17-18H2,1-2H3,(H,21,24)(H,25,26). The van der Waals surface area contributed by atoms with Crippen molar-refractivity contribution in [3.8, 4) is 0 Å². The van der Waals surface area contributed by atoms with Crippen LogP contribution in [0.3, 0.4) is 0 Å². The fourth-order valence-corrected chi connectivity index (χ4v) is 2.20. The molecule has 0 aliphatic heterocycles. The second-order valence-electron chi connectivity index (χ2n) is 6.20. The zero-order valence-corrected chi connectivity index (χ0v) is 15.8. The van der Waals surface area contributed by atoms with Crippen LogP contribution in [0.2, 0.25) is 0 Å². The van der Waals surface area contributed by atoms with E-state index >= 15 is 0 Å². The highest BCUT2D eigenvalue weighted by Gasteiger charge is 2.25. The molecule has 26 heavy (non-hydrogen) atoms. The van der Waals surface area contributed by atoms with E-state index in [-0.39, 0.29) is 18.7 Å². The third-order valence-electron chi connectivity index (χ3n) is 3.78. The molecular formula is C16H34N6O4. The SMILES string of the molecule is CN(C)C(=O)CCC(NC(=O)C(CCNCCN)NCCCN)C(=O)O. The smallest absolute Gasteiger partial charge is 0.326 e. The fraction of sp³-hybridized carbons (Fsp3) is 0.812. The topological polar surface area (TPSA) is 163 Å². The van der Waals surface area contributed by atoms with Crippen LogP contribution >= 0.6 is 0 Å². The summed E-state index contributed by atoms with van der Waals surface area (Å²) in [7, 11) is 3.20. The quantitative estimate of drug-likeness (QED) is 0.174. The van der Waals surface area contributed by atoms with Crippen LogP contribution in [0, 0.1) is 0 Å². The highest BCUT2D eigenvalue weighted by Crippen LogP contribution is 2.02. The number of aliphatic carboxylic acids is 1. The maximum Gasteiger partial charge on any atom is 0.326 e. The van der Waals surface area contributed by atoms with E-state index in [1.54, 1.807) is 14.1 Å². The Hall–Kier alpha value is -1.75. The zero-order chi connectivity index (χ0) is 19.9. The number of nitrogens with two attached hydrogens (primary N) is 2. The van der Waals surface area contributed by atoms with Crippen molar-refractivity contribution in [1.29, 1.82) is 0 Å². The number of carboxylic acid groups (broad SMARTS) is 1. The molecule has 10 nitrogen and oxygen atoms in total. The summed E-state index contributed by atoms with van der Waals surface area (Å²) in [5.41, 5.74) is 10.9. The van der Waals surface area contributed by atoms with Gasteiger partial charge in [0.05, 0.1) is 6.04 Å². The molecule has 0 saturated carbocycles. The van der Waals surface area contributed by atoms with Crippen LogP contribution < -0.4 is 27.4 Å². The monoisotopic (exact) mass is 374 g/mol. The number of amides is 2. The van der Waals surface area contributed by atoms with E-state index in [9.17, 15) is 19.5 Å². The van der Waals surface area contributed by atoms with Crippen LogP contribution in [0.15, 0.2) is 0 Å². The van der Waals surface area contributed by atoms with Crippen molar-refractivity contribution >= 4 is 17.8 Å². The average molecular weight is 374 g/mol. The Balaban J connectivity index is 4.69. The van der Waals surface area contributed by atoms with Gasteiger partial charge in [0.25, 0.3) is 0 Å². The van der Waals surface area contributed by atoms with Crippen LogP contribution in [-0.2, 0) is 14.4 Å². The number of carbonyl (C=O) groups is 3. The Kier molecular flexibility index (Phi) is 13.5. The van der Waals surface area contributed by atoms with Gasteiger partial charge in [0, 0.05) is 33.6 Å². The first-order chi connectivity index (χ1) is 12.3. The number of nitrogens with zero attached hydrogens (tertiary/aromatic N) is 1. The first-order valence-corrected chi connectivity index (χ1v) is 8.91. The van der Waals surface area contributed by atoms with E-state index in [0.29, 0.717) is 45.6 Å². The molecule has 2 atom stereocenters. The van der Waals surface area contributed by atoms with Gasteiger partial charge in [0.15, 0.2) is 0 Å². The van der Waals surface area contributed by atoms with Gasteiger partial charge in [-0.2, -0.15) is 0 Å². The Morgan fingerprint density at radius 1 is 1.00 bits per heavy atom. The summed E-state index contributed by atoms with van der Waals surface area (Å²) in [6.45, 7) is 2.77. The minimum absolute atomic E-state index is 0.0407. The van der Waals surface area contributed by atoms with Crippen molar-refractivity contribution in [3.63, 3.8) is 0 Å². The molecule has 0 aliphatic carbocycles. The third kappa shape index (κ3) is 11.0. The van der Waals surface area contributed by atoms with E-state index in [2.05, 4.69) is 16.0 Å². The number of hydrogen-bond acceptors (Lipinski definition) is 7. The molecule has 0 rings (SSSR count). The summed E-state index contributed by atoms with van der Waals surface area (Å²) >= 11 is 0. The number of nitrogens with one attached hydrogen (secondary N) is 3. The largest absolute Gasteiger partial charge is 0.480 e. The van der Waals surface area contributed by atoms with Crippen LogP contribution in [0.4, 0.5) is 0 Å². The lowest BCUT2D eigenvalue weighted by molar-refractivity contribution is -0.142. The summed E-state index contributed by atoms with van der Waals surface area (Å²) in [5.74, 6) is -1.75. The van der Waals surface area contributed by atoms with Gasteiger partial charge in [-0.15, -0.1) is 0 Å². The molecule has 0 radical (unpaired) electrons. The Bertz CT molecular complexity index is 433. The summed E-state index contributed by atoms with van der Waals surface area (Å²) in [4.78, 5) is 36.9. The molecule has 0 heterocycles. The summed E-state index contributed by atoms with van der Waals surface area (Å²) < 4.78 is 0. The van der Waals surface area contributed by atoms with Crippen molar-refractivity contribution < 1.29 is 19.5 Å². The van der Waals surface area contributed by atoms with Crippen LogP contribution in [0.25, 0.3) is 0 Å². The predicted molar refractivity (Wildman–Crippen MR) is 99.5 cm³/mol. The van der Waals surface area contributed by atoms with E-state index in [0.717, 1.165) is 0 Å². The van der Waals surface area contributed by atoms with Crippen molar-refractivity contribution in [3.05, 3.63) is 0 Å². The van der Waals surface area contributed by atoms with E-state index in [1.165, 1.54) is 4.90 Å². The van der Waals surface area contributed by atoms with Crippen molar-refractivity contribution in [1.82, 2.24) is 20.9 Å². The Labute approximate surface area is 155 Å². The minimum atomic E-state index is -1.16. The molecule has 0 bridgehead atoms. The maximum absolute atomic E-state index is 12.5. The van der Waals surface area contributed by atoms with E-state index in [1.807, 2.05) is 0 Å². The number of hydrogen-bond donors (Lipinski definition) is 6. The zero-order valence-electron chi connectivity index (χ0n) is 15.8. The number of carbonyl (C=O) groups excluding carboxylic acids is 2. The number of carboxylic acids is 1. The first-order valence-electron chi connectivity index (χ1n) is 8.91. The van der Waals surface area contributed by atoms with Gasteiger partial charge in [0.1, 0.15) is 6.04 Å². The van der Waals surface area contributed by atoms with Crippen LogP contribution in [-0.4, -0.2) is 86.7 Å². The summed E-state index contributed by atoms with van der Waals surface area (Å²) in [6.07, 6.45) is 1.28. The van der Waals surface area contributed by atoms with Crippen molar-refractivity contribution in [2.75, 3.05) is 46.8 Å². The lowest BCUT2D eigenvalue weighted by Gasteiger charge is -2.22. The highest BCUT2D eigenvalue weighted by atomic mass is 16.4. The third-order valence-corrected chi connectivity index (χ3v) is 3.78. The van der Waals surface area contributed by atoms with Gasteiger partial charge >= 0.3 is 5.97 Å².